The molecule has 136 valence electrons. The number of esters is 1. The maximum absolute atomic E-state index is 12.4. The molecule has 5 nitrogen and oxygen atoms in total. The number of ether oxygens (including phenoxy) is 2. The van der Waals surface area contributed by atoms with Gasteiger partial charge in [0, 0.05) is 21.8 Å². The zero-order valence-corrected chi connectivity index (χ0v) is 16.0. The Morgan fingerprint density at radius 1 is 0.852 bits per heavy atom. The number of carbonyl (C=O) groups is 2. The summed E-state index contributed by atoms with van der Waals surface area (Å²) in [5.74, 6) is 0.176. The molecule has 0 aliphatic heterocycles. The Labute approximate surface area is 165 Å². The van der Waals surface area contributed by atoms with Crippen molar-refractivity contribution in [1.29, 1.82) is 0 Å². The zero-order chi connectivity index (χ0) is 19.2. The quantitative estimate of drug-likeness (QED) is 0.464. The van der Waals surface area contributed by atoms with E-state index in [1.165, 1.54) is 0 Å². The van der Waals surface area contributed by atoms with E-state index < -0.39 is 5.97 Å². The molecule has 6 heteroatoms. The highest BCUT2D eigenvalue weighted by molar-refractivity contribution is 9.10. The lowest BCUT2D eigenvalue weighted by Gasteiger charge is -2.09. The SMILES string of the molecule is COc1cccc(C(=O)Nc2cccc(OC(=O)c3ccc(Br)cc3)c2)c1. The summed E-state index contributed by atoms with van der Waals surface area (Å²) in [5.41, 5.74) is 1.42. The van der Waals surface area contributed by atoms with Gasteiger partial charge in [-0.2, -0.15) is 0 Å². The van der Waals surface area contributed by atoms with Crippen molar-refractivity contribution >= 4 is 33.5 Å². The van der Waals surface area contributed by atoms with Gasteiger partial charge in [-0.15, -0.1) is 0 Å². The van der Waals surface area contributed by atoms with Crippen LogP contribution in [0.1, 0.15) is 20.7 Å². The van der Waals surface area contributed by atoms with Gasteiger partial charge in [-0.25, -0.2) is 4.79 Å². The average Bonchev–Trinajstić information content (AvgIpc) is 2.68. The van der Waals surface area contributed by atoms with Crippen molar-refractivity contribution < 1.29 is 19.1 Å². The number of methoxy groups -OCH3 is 1. The second-order valence-electron chi connectivity index (χ2n) is 5.61. The van der Waals surface area contributed by atoms with Gasteiger partial charge >= 0.3 is 5.97 Å². The van der Waals surface area contributed by atoms with Crippen molar-refractivity contribution in [3.8, 4) is 11.5 Å². The molecule has 0 saturated heterocycles. The summed E-state index contributed by atoms with van der Waals surface area (Å²) in [4.78, 5) is 24.6. The summed E-state index contributed by atoms with van der Waals surface area (Å²) in [7, 11) is 1.54. The van der Waals surface area contributed by atoms with Crippen molar-refractivity contribution in [3.63, 3.8) is 0 Å². The Morgan fingerprint density at radius 2 is 1.56 bits per heavy atom. The van der Waals surface area contributed by atoms with E-state index in [-0.39, 0.29) is 5.91 Å². The van der Waals surface area contributed by atoms with Gasteiger partial charge < -0.3 is 14.8 Å². The monoisotopic (exact) mass is 425 g/mol. The van der Waals surface area contributed by atoms with E-state index in [9.17, 15) is 9.59 Å². The second kappa shape index (κ2) is 8.51. The second-order valence-corrected chi connectivity index (χ2v) is 6.53. The van der Waals surface area contributed by atoms with Gasteiger partial charge in [-0.1, -0.05) is 28.1 Å². The highest BCUT2D eigenvalue weighted by Crippen LogP contribution is 2.21. The first kappa shape index (κ1) is 18.7. The van der Waals surface area contributed by atoms with Crippen LogP contribution in [0.2, 0.25) is 0 Å². The number of amides is 1. The molecule has 0 unspecified atom stereocenters. The summed E-state index contributed by atoms with van der Waals surface area (Å²) in [6.45, 7) is 0. The van der Waals surface area contributed by atoms with Gasteiger partial charge in [0.25, 0.3) is 5.91 Å². The highest BCUT2D eigenvalue weighted by Gasteiger charge is 2.11. The summed E-state index contributed by atoms with van der Waals surface area (Å²) in [5, 5.41) is 2.78. The fourth-order valence-corrected chi connectivity index (χ4v) is 2.62. The first-order valence-electron chi connectivity index (χ1n) is 8.08. The number of carbonyl (C=O) groups excluding carboxylic acids is 2. The van der Waals surface area contributed by atoms with Gasteiger partial charge in [-0.3, -0.25) is 4.79 Å². The van der Waals surface area contributed by atoms with Crippen molar-refractivity contribution in [1.82, 2.24) is 0 Å². The molecular weight excluding hydrogens is 410 g/mol. The van der Waals surface area contributed by atoms with Gasteiger partial charge in [0.15, 0.2) is 0 Å². The molecule has 1 N–H and O–H groups in total. The summed E-state index contributed by atoms with van der Waals surface area (Å²) in [6.07, 6.45) is 0. The van der Waals surface area contributed by atoms with Gasteiger partial charge in [0.2, 0.25) is 0 Å². The average molecular weight is 426 g/mol. The standard InChI is InChI=1S/C21H16BrNO4/c1-26-18-6-2-4-15(12-18)20(24)23-17-5-3-7-19(13-17)27-21(25)14-8-10-16(22)11-9-14/h2-13H,1H3,(H,23,24). The Balaban J connectivity index is 1.70. The summed E-state index contributed by atoms with van der Waals surface area (Å²) >= 11 is 3.32. The molecule has 0 bridgehead atoms. The van der Waals surface area contributed by atoms with E-state index in [1.54, 1.807) is 79.9 Å². The van der Waals surface area contributed by atoms with Crippen molar-refractivity contribution in [2.75, 3.05) is 12.4 Å². The first-order valence-corrected chi connectivity index (χ1v) is 8.87. The number of hydrogen-bond acceptors (Lipinski definition) is 4. The van der Waals surface area contributed by atoms with E-state index in [0.29, 0.717) is 28.3 Å². The summed E-state index contributed by atoms with van der Waals surface area (Å²) < 4.78 is 11.4. The minimum atomic E-state index is -0.473. The lowest BCUT2D eigenvalue weighted by Crippen LogP contribution is -2.12. The lowest BCUT2D eigenvalue weighted by atomic mass is 10.2. The van der Waals surface area contributed by atoms with Crippen LogP contribution in [-0.4, -0.2) is 19.0 Å². The fourth-order valence-electron chi connectivity index (χ4n) is 2.36. The molecule has 3 rings (SSSR count). The molecule has 0 saturated carbocycles. The lowest BCUT2D eigenvalue weighted by molar-refractivity contribution is 0.0735. The van der Waals surface area contributed by atoms with E-state index >= 15 is 0 Å². The van der Waals surface area contributed by atoms with Crippen LogP contribution in [0.15, 0.2) is 77.3 Å². The van der Waals surface area contributed by atoms with Gasteiger partial charge in [0.1, 0.15) is 11.5 Å². The van der Waals surface area contributed by atoms with Gasteiger partial charge in [0.05, 0.1) is 12.7 Å². The number of anilines is 1. The largest absolute Gasteiger partial charge is 0.497 e. The minimum Gasteiger partial charge on any atom is -0.497 e. The van der Waals surface area contributed by atoms with Crippen LogP contribution in [0.5, 0.6) is 11.5 Å². The molecule has 0 spiro atoms. The van der Waals surface area contributed by atoms with Crippen molar-refractivity contribution in [2.24, 2.45) is 0 Å². The van der Waals surface area contributed by atoms with Gasteiger partial charge in [-0.05, 0) is 54.6 Å². The van der Waals surface area contributed by atoms with Crippen LogP contribution in [0.4, 0.5) is 5.69 Å². The third kappa shape index (κ3) is 4.95. The van der Waals surface area contributed by atoms with Crippen LogP contribution in [0.3, 0.4) is 0 Å². The molecular formula is C21H16BrNO4. The molecule has 27 heavy (non-hydrogen) atoms. The summed E-state index contributed by atoms with van der Waals surface area (Å²) in [6, 6.07) is 20.4. The van der Waals surface area contributed by atoms with E-state index in [0.717, 1.165) is 4.47 Å². The molecule has 0 atom stereocenters. The number of rotatable bonds is 5. The maximum atomic E-state index is 12.4. The van der Waals surface area contributed by atoms with Crippen LogP contribution in [0.25, 0.3) is 0 Å². The third-order valence-electron chi connectivity index (χ3n) is 3.71. The molecule has 0 fully saturated rings. The minimum absolute atomic E-state index is 0.287. The number of nitrogens with one attached hydrogen (secondary N) is 1. The molecule has 1 amide bonds. The molecule has 0 radical (unpaired) electrons. The Hall–Kier alpha value is -3.12. The van der Waals surface area contributed by atoms with Crippen LogP contribution < -0.4 is 14.8 Å². The number of hydrogen-bond donors (Lipinski definition) is 1. The highest BCUT2D eigenvalue weighted by atomic mass is 79.9. The molecule has 0 aliphatic rings. The van der Waals surface area contributed by atoms with E-state index in [1.807, 2.05) is 0 Å². The first-order chi connectivity index (χ1) is 13.0. The molecule has 0 heterocycles. The molecule has 0 aliphatic carbocycles. The number of benzene rings is 3. The van der Waals surface area contributed by atoms with E-state index in [2.05, 4.69) is 21.2 Å². The van der Waals surface area contributed by atoms with Crippen molar-refractivity contribution in [3.05, 3.63) is 88.4 Å². The maximum Gasteiger partial charge on any atom is 0.343 e. The molecule has 0 aromatic heterocycles. The Bertz CT molecular complexity index is 970. The van der Waals surface area contributed by atoms with Crippen LogP contribution in [-0.2, 0) is 0 Å². The third-order valence-corrected chi connectivity index (χ3v) is 4.24. The fraction of sp³-hybridized carbons (Fsp3) is 0.0476. The predicted octanol–water partition coefficient (Wildman–Crippen LogP) is 4.93. The normalized spacial score (nSPS) is 10.1. The zero-order valence-electron chi connectivity index (χ0n) is 14.4. The van der Waals surface area contributed by atoms with E-state index in [4.69, 9.17) is 9.47 Å². The predicted molar refractivity (Wildman–Crippen MR) is 106 cm³/mol. The molecule has 3 aromatic rings. The Morgan fingerprint density at radius 3 is 2.30 bits per heavy atom. The van der Waals surface area contributed by atoms with Crippen LogP contribution >= 0.6 is 15.9 Å². The van der Waals surface area contributed by atoms with Crippen molar-refractivity contribution in [2.45, 2.75) is 0 Å². The smallest absolute Gasteiger partial charge is 0.343 e. The Kier molecular flexibility index (Phi) is 5.88. The number of halogens is 1. The topological polar surface area (TPSA) is 64.6 Å². The van der Waals surface area contributed by atoms with Crippen LogP contribution in [0, 0.1) is 0 Å². The molecule has 3 aromatic carbocycles.